The van der Waals surface area contributed by atoms with Gasteiger partial charge in [0.25, 0.3) is 5.69 Å². The van der Waals surface area contributed by atoms with Crippen molar-refractivity contribution < 1.29 is 19.2 Å². The van der Waals surface area contributed by atoms with Crippen molar-refractivity contribution in [2.75, 3.05) is 26.0 Å². The van der Waals surface area contributed by atoms with Gasteiger partial charge in [-0.1, -0.05) is 6.07 Å². The highest BCUT2D eigenvalue weighted by Gasteiger charge is 2.15. The molecule has 1 heterocycles. The molecule has 1 amide bonds. The quantitative estimate of drug-likeness (QED) is 0.439. The van der Waals surface area contributed by atoms with Crippen LogP contribution in [0.4, 0.5) is 5.69 Å². The number of ether oxygens (including phenoxy) is 2. The molecule has 1 aliphatic rings. The van der Waals surface area contributed by atoms with Crippen LogP contribution in [0, 0.1) is 10.1 Å². The van der Waals surface area contributed by atoms with Gasteiger partial charge >= 0.3 is 0 Å². The minimum absolute atomic E-state index is 0.0248. The first-order valence-corrected chi connectivity index (χ1v) is 9.01. The number of hydrogen-bond acceptors (Lipinski definition) is 6. The third kappa shape index (κ3) is 4.45. The van der Waals surface area contributed by atoms with Crippen LogP contribution in [0.25, 0.3) is 0 Å². The summed E-state index contributed by atoms with van der Waals surface area (Å²) in [6, 6.07) is 11.8. The summed E-state index contributed by atoms with van der Waals surface area (Å²) >= 11 is 1.35. The highest BCUT2D eigenvalue weighted by atomic mass is 32.2. The van der Waals surface area contributed by atoms with Gasteiger partial charge < -0.3 is 14.4 Å². The normalized spacial score (nSPS) is 12.5. The van der Waals surface area contributed by atoms with Crippen LogP contribution in [0.2, 0.25) is 0 Å². The third-order valence-corrected chi connectivity index (χ3v) is 4.86. The standard InChI is InChI=1S/C18H18N2O5S/c1-19(11-13-2-7-16-17(10-13)25-9-8-24-16)18(21)12-26-15-5-3-14(4-6-15)20(22)23/h2-7,10H,8-9,11-12H2,1H3. The smallest absolute Gasteiger partial charge is 0.269 e. The SMILES string of the molecule is CN(Cc1ccc2c(c1)OCCO2)C(=O)CSc1ccc([N+](=O)[O-])cc1. The van der Waals surface area contributed by atoms with E-state index >= 15 is 0 Å². The van der Waals surface area contributed by atoms with Gasteiger partial charge in [0.2, 0.25) is 5.91 Å². The van der Waals surface area contributed by atoms with Gasteiger partial charge in [-0.3, -0.25) is 14.9 Å². The number of amides is 1. The lowest BCUT2D eigenvalue weighted by molar-refractivity contribution is -0.384. The van der Waals surface area contributed by atoms with E-state index in [1.54, 1.807) is 24.1 Å². The highest BCUT2D eigenvalue weighted by molar-refractivity contribution is 8.00. The van der Waals surface area contributed by atoms with E-state index in [0.717, 1.165) is 16.2 Å². The van der Waals surface area contributed by atoms with Crippen LogP contribution in [-0.2, 0) is 11.3 Å². The predicted octanol–water partition coefficient (Wildman–Crippen LogP) is 3.12. The average Bonchev–Trinajstić information content (AvgIpc) is 2.66. The second kappa shape index (κ2) is 8.09. The lowest BCUT2D eigenvalue weighted by Crippen LogP contribution is -2.27. The Morgan fingerprint density at radius 1 is 1.15 bits per heavy atom. The van der Waals surface area contributed by atoms with Gasteiger partial charge in [-0.2, -0.15) is 0 Å². The molecule has 0 atom stereocenters. The van der Waals surface area contributed by atoms with Gasteiger partial charge in [0.1, 0.15) is 13.2 Å². The van der Waals surface area contributed by atoms with Crippen molar-refractivity contribution >= 4 is 23.4 Å². The summed E-state index contributed by atoms with van der Waals surface area (Å²) in [6.45, 7) is 1.54. The lowest BCUT2D eigenvalue weighted by Gasteiger charge is -2.21. The fourth-order valence-corrected chi connectivity index (χ4v) is 3.31. The van der Waals surface area contributed by atoms with Crippen LogP contribution >= 0.6 is 11.8 Å². The van der Waals surface area contributed by atoms with E-state index in [9.17, 15) is 14.9 Å². The van der Waals surface area contributed by atoms with Crippen molar-refractivity contribution in [3.63, 3.8) is 0 Å². The molecule has 0 saturated heterocycles. The van der Waals surface area contributed by atoms with Gasteiger partial charge in [-0.15, -0.1) is 11.8 Å². The van der Waals surface area contributed by atoms with E-state index in [0.29, 0.717) is 25.5 Å². The summed E-state index contributed by atoms with van der Waals surface area (Å²) in [4.78, 5) is 25.0. The summed E-state index contributed by atoms with van der Waals surface area (Å²) in [6.07, 6.45) is 0. The second-order valence-corrected chi connectivity index (χ2v) is 6.82. The van der Waals surface area contributed by atoms with Crippen LogP contribution in [0.3, 0.4) is 0 Å². The summed E-state index contributed by atoms with van der Waals surface area (Å²) < 4.78 is 11.0. The number of fused-ring (bicyclic) bond motifs is 1. The van der Waals surface area contributed by atoms with Crippen LogP contribution < -0.4 is 9.47 Å². The number of thioether (sulfide) groups is 1. The van der Waals surface area contributed by atoms with Crippen LogP contribution in [0.5, 0.6) is 11.5 Å². The van der Waals surface area contributed by atoms with E-state index < -0.39 is 4.92 Å². The van der Waals surface area contributed by atoms with Gasteiger partial charge in [0.15, 0.2) is 11.5 Å². The molecule has 2 aromatic carbocycles. The van der Waals surface area contributed by atoms with Crippen molar-refractivity contribution in [1.82, 2.24) is 4.90 Å². The topological polar surface area (TPSA) is 81.9 Å². The number of carbonyl (C=O) groups excluding carboxylic acids is 1. The molecule has 1 aliphatic heterocycles. The fourth-order valence-electron chi connectivity index (χ4n) is 2.47. The first-order valence-electron chi connectivity index (χ1n) is 8.02. The maximum atomic E-state index is 12.3. The van der Waals surface area contributed by atoms with E-state index in [4.69, 9.17) is 9.47 Å². The lowest BCUT2D eigenvalue weighted by atomic mass is 10.2. The Labute approximate surface area is 155 Å². The molecule has 8 heteroatoms. The maximum absolute atomic E-state index is 12.3. The zero-order valence-electron chi connectivity index (χ0n) is 14.2. The van der Waals surface area contributed by atoms with Crippen molar-refractivity contribution in [3.05, 3.63) is 58.1 Å². The monoisotopic (exact) mass is 374 g/mol. The first-order chi connectivity index (χ1) is 12.5. The molecule has 0 aromatic heterocycles. The fraction of sp³-hybridized carbons (Fsp3) is 0.278. The molecule has 0 fully saturated rings. The molecule has 0 aliphatic carbocycles. The Balaban J connectivity index is 1.53. The Bertz CT molecular complexity index is 810. The summed E-state index contributed by atoms with van der Waals surface area (Å²) in [7, 11) is 1.75. The van der Waals surface area contributed by atoms with Crippen molar-refractivity contribution in [2.24, 2.45) is 0 Å². The summed E-state index contributed by atoms with van der Waals surface area (Å²) in [5, 5.41) is 10.7. The minimum atomic E-state index is -0.444. The molecule has 0 unspecified atom stereocenters. The number of nitrogens with zero attached hydrogens (tertiary/aromatic N) is 2. The summed E-state index contributed by atoms with van der Waals surface area (Å²) in [5.41, 5.74) is 1.00. The Morgan fingerprint density at radius 3 is 2.54 bits per heavy atom. The number of benzene rings is 2. The zero-order chi connectivity index (χ0) is 18.5. The predicted molar refractivity (Wildman–Crippen MR) is 97.7 cm³/mol. The van der Waals surface area contributed by atoms with Crippen molar-refractivity contribution in [2.45, 2.75) is 11.4 Å². The zero-order valence-corrected chi connectivity index (χ0v) is 15.0. The van der Waals surface area contributed by atoms with E-state index in [1.165, 1.54) is 23.9 Å². The molecule has 0 spiro atoms. The van der Waals surface area contributed by atoms with Crippen molar-refractivity contribution in [3.8, 4) is 11.5 Å². The molecule has 0 saturated carbocycles. The van der Waals surface area contributed by atoms with Crippen LogP contribution in [-0.4, -0.2) is 41.7 Å². The first kappa shape index (κ1) is 18.1. The maximum Gasteiger partial charge on any atom is 0.269 e. The molecule has 7 nitrogen and oxygen atoms in total. The molecule has 136 valence electrons. The number of nitro groups is 1. The third-order valence-electron chi connectivity index (χ3n) is 3.86. The minimum Gasteiger partial charge on any atom is -0.486 e. The number of hydrogen-bond donors (Lipinski definition) is 0. The van der Waals surface area contributed by atoms with Crippen molar-refractivity contribution in [1.29, 1.82) is 0 Å². The Hall–Kier alpha value is -2.74. The summed E-state index contributed by atoms with van der Waals surface area (Å²) in [5.74, 6) is 1.67. The van der Waals surface area contributed by atoms with E-state index in [1.807, 2.05) is 18.2 Å². The number of nitro benzene ring substituents is 1. The molecule has 26 heavy (non-hydrogen) atoms. The molecular formula is C18H18N2O5S. The number of rotatable bonds is 6. The second-order valence-electron chi connectivity index (χ2n) is 5.77. The molecule has 3 rings (SSSR count). The average molecular weight is 374 g/mol. The molecular weight excluding hydrogens is 356 g/mol. The van der Waals surface area contributed by atoms with Gasteiger partial charge in [-0.05, 0) is 29.8 Å². The van der Waals surface area contributed by atoms with E-state index in [-0.39, 0.29) is 17.3 Å². The van der Waals surface area contributed by atoms with Crippen LogP contribution in [0.1, 0.15) is 5.56 Å². The highest BCUT2D eigenvalue weighted by Crippen LogP contribution is 2.31. The number of carbonyl (C=O) groups is 1. The molecule has 2 aromatic rings. The van der Waals surface area contributed by atoms with E-state index in [2.05, 4.69) is 0 Å². The molecule has 0 N–H and O–H groups in total. The van der Waals surface area contributed by atoms with Crippen LogP contribution in [0.15, 0.2) is 47.4 Å². The Morgan fingerprint density at radius 2 is 1.85 bits per heavy atom. The number of non-ortho nitro benzene ring substituents is 1. The Kier molecular flexibility index (Phi) is 5.62. The van der Waals surface area contributed by atoms with Gasteiger partial charge in [0.05, 0.1) is 10.7 Å². The largest absolute Gasteiger partial charge is 0.486 e. The molecule has 0 radical (unpaired) electrons. The molecule has 0 bridgehead atoms. The van der Waals surface area contributed by atoms with Gasteiger partial charge in [0, 0.05) is 30.6 Å². The van der Waals surface area contributed by atoms with Gasteiger partial charge in [-0.25, -0.2) is 0 Å².